The molecule has 2 aromatic rings. The molecule has 2 N–H and O–H groups in total. The molecule has 0 saturated carbocycles. The first-order valence-electron chi connectivity index (χ1n) is 6.80. The van der Waals surface area contributed by atoms with Crippen LogP contribution in [0.4, 0.5) is 4.39 Å². The molecule has 1 aliphatic rings. The van der Waals surface area contributed by atoms with Crippen LogP contribution in [-0.4, -0.2) is 44.9 Å². The lowest BCUT2D eigenvalue weighted by Gasteiger charge is -2.13. The summed E-state index contributed by atoms with van der Waals surface area (Å²) in [6, 6.07) is 4.73. The van der Waals surface area contributed by atoms with Crippen LogP contribution in [-0.2, 0) is 11.3 Å². The average molecular weight is 325 g/mol. The Morgan fingerprint density at radius 3 is 3.09 bits per heavy atom. The number of hydrogen-bond acceptors (Lipinski definition) is 5. The summed E-state index contributed by atoms with van der Waals surface area (Å²) in [6.45, 7) is 0.467. The van der Waals surface area contributed by atoms with Gasteiger partial charge in [-0.2, -0.15) is 0 Å². The van der Waals surface area contributed by atoms with Crippen molar-refractivity contribution in [3.8, 4) is 5.69 Å². The number of benzene rings is 1. The molecular weight excluding hydrogens is 311 g/mol. The van der Waals surface area contributed by atoms with Crippen LogP contribution in [0.25, 0.3) is 5.69 Å². The minimum Gasteiger partial charge on any atom is -0.351 e. The molecule has 1 saturated heterocycles. The van der Waals surface area contributed by atoms with Crippen molar-refractivity contribution in [3.63, 3.8) is 0 Å². The molecule has 2 heterocycles. The molecule has 2 atom stereocenters. The molecule has 0 spiro atoms. The number of alkyl halides is 1. The topological polar surface area (TPSA) is 84.7 Å². The zero-order valence-corrected chi connectivity index (χ0v) is 12.3. The smallest absolute Gasteiger partial charge is 0.237 e. The highest BCUT2D eigenvalue weighted by Crippen LogP contribution is 2.19. The molecule has 1 fully saturated rings. The third-order valence-electron chi connectivity index (χ3n) is 3.48. The molecule has 1 aromatic heterocycles. The van der Waals surface area contributed by atoms with Crippen LogP contribution in [0.5, 0.6) is 0 Å². The SMILES string of the molecule is O=C(NCc1cc(Cl)ccc1-n1cnnn1)[C@@H]1C[C@@H](F)CN1. The Morgan fingerprint density at radius 1 is 1.55 bits per heavy atom. The van der Waals surface area contributed by atoms with E-state index in [0.29, 0.717) is 5.02 Å². The molecule has 116 valence electrons. The number of amides is 1. The Bertz CT molecular complexity index is 665. The summed E-state index contributed by atoms with van der Waals surface area (Å²) in [5, 5.41) is 17.2. The summed E-state index contributed by atoms with van der Waals surface area (Å²) in [5.41, 5.74) is 1.49. The average Bonchev–Trinajstić information content (AvgIpc) is 3.16. The zero-order chi connectivity index (χ0) is 15.5. The van der Waals surface area contributed by atoms with Crippen LogP contribution >= 0.6 is 11.6 Å². The largest absolute Gasteiger partial charge is 0.351 e. The predicted molar refractivity (Wildman–Crippen MR) is 77.3 cm³/mol. The van der Waals surface area contributed by atoms with E-state index in [1.165, 1.54) is 11.0 Å². The van der Waals surface area contributed by atoms with Gasteiger partial charge >= 0.3 is 0 Å². The van der Waals surface area contributed by atoms with Gasteiger partial charge in [-0.05, 0) is 34.2 Å². The van der Waals surface area contributed by atoms with Gasteiger partial charge in [-0.3, -0.25) is 4.79 Å². The molecule has 0 bridgehead atoms. The molecule has 1 aliphatic heterocycles. The minimum absolute atomic E-state index is 0.196. The van der Waals surface area contributed by atoms with E-state index in [1.54, 1.807) is 18.2 Å². The molecule has 0 radical (unpaired) electrons. The third-order valence-corrected chi connectivity index (χ3v) is 3.72. The highest BCUT2D eigenvalue weighted by molar-refractivity contribution is 6.30. The van der Waals surface area contributed by atoms with Crippen molar-refractivity contribution in [1.29, 1.82) is 0 Å². The van der Waals surface area contributed by atoms with Crippen LogP contribution in [0.15, 0.2) is 24.5 Å². The van der Waals surface area contributed by atoms with Crippen molar-refractivity contribution in [2.75, 3.05) is 6.54 Å². The number of nitrogens with zero attached hydrogens (tertiary/aromatic N) is 4. The Morgan fingerprint density at radius 2 is 2.41 bits per heavy atom. The van der Waals surface area contributed by atoms with Crippen molar-refractivity contribution in [3.05, 3.63) is 35.1 Å². The van der Waals surface area contributed by atoms with Gasteiger partial charge in [0, 0.05) is 24.5 Å². The number of aromatic nitrogens is 4. The van der Waals surface area contributed by atoms with Gasteiger partial charge in [0.2, 0.25) is 5.91 Å². The second-order valence-corrected chi connectivity index (χ2v) is 5.48. The number of nitrogens with one attached hydrogen (secondary N) is 2. The summed E-state index contributed by atoms with van der Waals surface area (Å²) < 4.78 is 14.6. The first kappa shape index (κ1) is 14.9. The summed E-state index contributed by atoms with van der Waals surface area (Å²) in [4.78, 5) is 12.0. The van der Waals surface area contributed by atoms with Crippen molar-refractivity contribution in [2.24, 2.45) is 0 Å². The molecular formula is C13H14ClFN6O. The van der Waals surface area contributed by atoms with E-state index < -0.39 is 12.2 Å². The standard InChI is InChI=1S/C13H14ClFN6O/c14-9-1-2-12(21-7-18-19-20-21)8(3-9)5-17-13(22)11-4-10(15)6-16-11/h1-3,7,10-11,16H,4-6H2,(H,17,22)/t10-,11+/m1/s1. The molecule has 7 nitrogen and oxygen atoms in total. The van der Waals surface area contributed by atoms with E-state index in [4.69, 9.17) is 11.6 Å². The van der Waals surface area contributed by atoms with Crippen LogP contribution in [0.1, 0.15) is 12.0 Å². The Hall–Kier alpha value is -2.06. The summed E-state index contributed by atoms with van der Waals surface area (Å²) in [6.07, 6.45) is 0.681. The van der Waals surface area contributed by atoms with Crippen molar-refractivity contribution < 1.29 is 9.18 Å². The van der Waals surface area contributed by atoms with Gasteiger partial charge < -0.3 is 10.6 Å². The van der Waals surface area contributed by atoms with Crippen LogP contribution in [0.3, 0.4) is 0 Å². The van der Waals surface area contributed by atoms with Gasteiger partial charge in [0.25, 0.3) is 0 Å². The van der Waals surface area contributed by atoms with Gasteiger partial charge in [-0.25, -0.2) is 9.07 Å². The van der Waals surface area contributed by atoms with Crippen LogP contribution in [0.2, 0.25) is 5.02 Å². The van der Waals surface area contributed by atoms with E-state index in [-0.39, 0.29) is 25.4 Å². The van der Waals surface area contributed by atoms with E-state index in [9.17, 15) is 9.18 Å². The fraction of sp³-hybridized carbons (Fsp3) is 0.385. The molecule has 0 unspecified atom stereocenters. The zero-order valence-electron chi connectivity index (χ0n) is 11.5. The summed E-state index contributed by atoms with van der Waals surface area (Å²) in [5.74, 6) is -0.234. The van der Waals surface area contributed by atoms with Crippen molar-refractivity contribution in [2.45, 2.75) is 25.2 Å². The van der Waals surface area contributed by atoms with Crippen LogP contribution < -0.4 is 10.6 Å². The molecule has 1 aromatic carbocycles. The number of carbonyl (C=O) groups excluding carboxylic acids is 1. The van der Waals surface area contributed by atoms with Gasteiger partial charge in [0.05, 0.1) is 11.7 Å². The fourth-order valence-corrected chi connectivity index (χ4v) is 2.58. The van der Waals surface area contributed by atoms with Crippen molar-refractivity contribution in [1.82, 2.24) is 30.8 Å². The Labute approximate surface area is 130 Å². The Kier molecular flexibility index (Phi) is 4.30. The summed E-state index contributed by atoms with van der Waals surface area (Å²) >= 11 is 6.00. The lowest BCUT2D eigenvalue weighted by atomic mass is 10.1. The first-order valence-corrected chi connectivity index (χ1v) is 7.18. The number of tetrazole rings is 1. The lowest BCUT2D eigenvalue weighted by Crippen LogP contribution is -2.40. The normalized spacial score (nSPS) is 21.0. The second kappa shape index (κ2) is 6.37. The second-order valence-electron chi connectivity index (χ2n) is 5.04. The number of rotatable bonds is 4. The Balaban J connectivity index is 1.72. The maximum absolute atomic E-state index is 13.1. The molecule has 0 aliphatic carbocycles. The minimum atomic E-state index is -0.973. The monoisotopic (exact) mass is 324 g/mol. The van der Waals surface area contributed by atoms with Gasteiger partial charge in [-0.1, -0.05) is 11.6 Å². The van der Waals surface area contributed by atoms with E-state index in [2.05, 4.69) is 26.2 Å². The molecule has 22 heavy (non-hydrogen) atoms. The maximum Gasteiger partial charge on any atom is 0.237 e. The van der Waals surface area contributed by atoms with Crippen molar-refractivity contribution >= 4 is 17.5 Å². The highest BCUT2D eigenvalue weighted by atomic mass is 35.5. The van der Waals surface area contributed by atoms with E-state index >= 15 is 0 Å². The van der Waals surface area contributed by atoms with Gasteiger partial charge in [-0.15, -0.1) is 5.10 Å². The number of halogens is 2. The molecule has 9 heteroatoms. The predicted octanol–water partition coefficient (Wildman–Crippen LogP) is 0.632. The maximum atomic E-state index is 13.1. The third kappa shape index (κ3) is 3.23. The quantitative estimate of drug-likeness (QED) is 0.862. The van der Waals surface area contributed by atoms with E-state index in [1.807, 2.05) is 0 Å². The summed E-state index contributed by atoms with van der Waals surface area (Å²) in [7, 11) is 0. The molecule has 3 rings (SSSR count). The number of hydrogen-bond donors (Lipinski definition) is 2. The molecule has 1 amide bonds. The highest BCUT2D eigenvalue weighted by Gasteiger charge is 2.29. The van der Waals surface area contributed by atoms with Crippen LogP contribution in [0, 0.1) is 0 Å². The fourth-order valence-electron chi connectivity index (χ4n) is 2.39. The lowest BCUT2D eigenvalue weighted by molar-refractivity contribution is -0.123. The van der Waals surface area contributed by atoms with E-state index in [0.717, 1.165) is 11.3 Å². The van der Waals surface area contributed by atoms with Gasteiger partial charge in [0.1, 0.15) is 12.5 Å². The van der Waals surface area contributed by atoms with Gasteiger partial charge in [0.15, 0.2) is 0 Å². The first-order chi connectivity index (χ1) is 10.6. The number of carbonyl (C=O) groups is 1.